The molecule has 81 heavy (non-hydrogen) atoms. The monoisotopic (exact) mass is 1130 g/mol. The van der Waals surface area contributed by atoms with Gasteiger partial charge in [-0.3, -0.25) is 52.7 Å². The zero-order chi connectivity index (χ0) is 60.2. The van der Waals surface area contributed by atoms with Crippen molar-refractivity contribution < 1.29 is 77.6 Å². The van der Waals surface area contributed by atoms with Crippen LogP contribution in [0.3, 0.4) is 0 Å². The summed E-state index contributed by atoms with van der Waals surface area (Å²) in [5.74, 6) is -9.76. The Morgan fingerprint density at radius 3 is 1.75 bits per heavy atom. The molecule has 0 aromatic heterocycles. The molecular formula is C54H70N10O17. The van der Waals surface area contributed by atoms with E-state index in [0.29, 0.717) is 35.8 Å². The summed E-state index contributed by atoms with van der Waals surface area (Å²) in [7, 11) is 0. The van der Waals surface area contributed by atoms with Gasteiger partial charge >= 0.3 is 11.9 Å². The van der Waals surface area contributed by atoms with Crippen molar-refractivity contribution in [2.45, 2.75) is 141 Å². The number of hydrogen-bond acceptors (Lipinski definition) is 16. The van der Waals surface area contributed by atoms with Crippen LogP contribution in [0.4, 0.5) is 0 Å². The van der Waals surface area contributed by atoms with E-state index in [1.54, 1.807) is 0 Å². The molecule has 0 bridgehead atoms. The quantitative estimate of drug-likeness (QED) is 0.0225. The molecule has 0 fully saturated rings. The first-order chi connectivity index (χ1) is 38.2. The Hall–Kier alpha value is -8.98. The van der Waals surface area contributed by atoms with E-state index in [1.165, 1.54) is 89.2 Å². The minimum Gasteiger partial charge on any atom is -0.508 e. The van der Waals surface area contributed by atoms with Gasteiger partial charge in [0.1, 0.15) is 59.4 Å². The Labute approximate surface area is 464 Å². The Kier molecular flexibility index (Phi) is 24.2. The van der Waals surface area contributed by atoms with E-state index in [4.69, 9.17) is 21.0 Å². The summed E-state index contributed by atoms with van der Waals surface area (Å²) < 4.78 is 5.88. The molecule has 2 aliphatic rings. The summed E-state index contributed by atoms with van der Waals surface area (Å²) in [6, 6.07) is 2.92. The number of carboxylic acids is 2. The summed E-state index contributed by atoms with van der Waals surface area (Å²) >= 11 is 0. The number of primary amides is 1. The Morgan fingerprint density at radius 2 is 1.17 bits per heavy atom. The number of aromatic carboxylic acids is 1. The predicted octanol–water partition coefficient (Wildman–Crippen LogP) is -0.408. The molecule has 27 heteroatoms. The van der Waals surface area contributed by atoms with Crippen molar-refractivity contribution in [3.05, 3.63) is 75.9 Å². The molecule has 438 valence electrons. The lowest BCUT2D eigenvalue weighted by Crippen LogP contribution is -2.61. The second-order valence-corrected chi connectivity index (χ2v) is 19.4. The molecule has 0 saturated carbocycles. The number of fused-ring (bicyclic) bond motifs is 2. The number of aliphatic carboxylic acids is 1. The van der Waals surface area contributed by atoms with Gasteiger partial charge in [0, 0.05) is 54.1 Å². The van der Waals surface area contributed by atoms with Crippen LogP contribution in [-0.4, -0.2) is 147 Å². The molecule has 4 rings (SSSR count). The second-order valence-electron chi connectivity index (χ2n) is 19.4. The lowest BCUT2D eigenvalue weighted by atomic mass is 9.89. The fourth-order valence-electron chi connectivity index (χ4n) is 8.43. The highest BCUT2D eigenvalue weighted by Crippen LogP contribution is 2.42. The minimum absolute atomic E-state index is 0.0103. The zero-order valence-electron chi connectivity index (χ0n) is 45.3. The number of carbonyl (C=O) groups is 11. The summed E-state index contributed by atoms with van der Waals surface area (Å²) in [6.07, 6.45) is -0.499. The van der Waals surface area contributed by atoms with Crippen LogP contribution in [0.5, 0.6) is 5.75 Å². The van der Waals surface area contributed by atoms with E-state index < -0.39 is 114 Å². The van der Waals surface area contributed by atoms with E-state index in [1.807, 2.05) is 0 Å². The third-order valence-corrected chi connectivity index (χ3v) is 12.8. The molecule has 16 N–H and O–H groups in total. The highest BCUT2D eigenvalue weighted by Gasteiger charge is 2.34. The normalized spacial score (nSPS) is 14.1. The summed E-state index contributed by atoms with van der Waals surface area (Å²) in [6.45, 7) is 6.56. The minimum atomic E-state index is -1.67. The first-order valence-corrected chi connectivity index (χ1v) is 26.1. The van der Waals surface area contributed by atoms with Crippen molar-refractivity contribution in [2.24, 2.45) is 11.5 Å². The summed E-state index contributed by atoms with van der Waals surface area (Å²) in [5.41, 5.74) is 11.6. The number of phenolic OH excluding ortho intramolecular Hbond substituents is 1. The van der Waals surface area contributed by atoms with Crippen LogP contribution in [0.15, 0.2) is 63.8 Å². The molecule has 9 amide bonds. The number of aromatic hydroxyl groups is 1. The molecule has 0 unspecified atom stereocenters. The summed E-state index contributed by atoms with van der Waals surface area (Å²) in [5, 5.41) is 59.9. The van der Waals surface area contributed by atoms with Gasteiger partial charge in [-0.2, -0.15) is 0 Å². The number of hydrogen-bond donors (Lipinski definition) is 14. The molecule has 1 aliphatic carbocycles. The van der Waals surface area contributed by atoms with Gasteiger partial charge in [0.15, 0.2) is 5.43 Å². The number of unbranched alkanes of at least 4 members (excludes halogenated alkanes) is 2. The Balaban J connectivity index is 1.30. The van der Waals surface area contributed by atoms with E-state index in [0.717, 1.165) is 0 Å². The van der Waals surface area contributed by atoms with Gasteiger partial charge in [-0.1, -0.05) is 0 Å². The number of carbonyl (C=O) groups excluding carboxylic acids is 9. The number of carboxylic acid groups (broad SMARTS) is 2. The topological polar surface area (TPSA) is 447 Å². The maximum atomic E-state index is 13.5. The number of aliphatic hydroxyl groups excluding tert-OH is 1. The Bertz CT molecular complexity index is 3020. The summed E-state index contributed by atoms with van der Waals surface area (Å²) in [4.78, 5) is 153. The Morgan fingerprint density at radius 1 is 0.605 bits per heavy atom. The maximum absolute atomic E-state index is 13.5. The van der Waals surface area contributed by atoms with Crippen molar-refractivity contribution in [1.29, 1.82) is 0 Å². The fourth-order valence-corrected chi connectivity index (χ4v) is 8.43. The average Bonchev–Trinajstić information content (AvgIpc) is 3.60. The molecule has 0 radical (unpaired) electrons. The van der Waals surface area contributed by atoms with Crippen LogP contribution >= 0.6 is 0 Å². The highest BCUT2D eigenvalue weighted by atomic mass is 16.4. The fraction of sp³-hybridized carbons (Fsp3) is 0.444. The molecule has 2 aromatic rings. The van der Waals surface area contributed by atoms with Gasteiger partial charge in [-0.05, 0) is 134 Å². The SMILES string of the molecule is CC(=O)N[C@H](CCCCNC(=O)c1ccc(C(=O)O)c(-c2c3ccc(=O)cc-3oc3cc(O)ccc23)c1)C(=O)N[C@H](C)C(=O)N[C@H](C)C(=O)N[C@H](C)C(=O)N[C@@H](C(=O)N[C@H](CCCCN)C(=O)N[C@H](CCCC(=O)O)C(N)=O)[C@H](C)O. The van der Waals surface area contributed by atoms with Crippen LogP contribution in [-0.2, 0) is 43.2 Å². The average molecular weight is 1130 g/mol. The lowest BCUT2D eigenvalue weighted by molar-refractivity contribution is -0.137. The molecule has 0 saturated heterocycles. The first-order valence-electron chi connectivity index (χ1n) is 26.1. The van der Waals surface area contributed by atoms with E-state index >= 15 is 0 Å². The van der Waals surface area contributed by atoms with Crippen LogP contribution in [0.2, 0.25) is 0 Å². The van der Waals surface area contributed by atoms with Crippen LogP contribution in [0.1, 0.15) is 113 Å². The van der Waals surface area contributed by atoms with Crippen molar-refractivity contribution in [3.8, 4) is 28.2 Å². The van der Waals surface area contributed by atoms with E-state index in [9.17, 15) is 72.9 Å². The van der Waals surface area contributed by atoms with Gasteiger partial charge in [0.25, 0.3) is 5.91 Å². The van der Waals surface area contributed by atoms with Crippen molar-refractivity contribution in [1.82, 2.24) is 42.5 Å². The van der Waals surface area contributed by atoms with Gasteiger partial charge < -0.3 is 78.8 Å². The number of phenols is 1. The van der Waals surface area contributed by atoms with Gasteiger partial charge in [0.2, 0.25) is 47.3 Å². The third kappa shape index (κ3) is 19.1. The van der Waals surface area contributed by atoms with Gasteiger partial charge in [-0.25, -0.2) is 4.79 Å². The number of rotatable bonds is 31. The number of nitrogens with one attached hydrogen (secondary N) is 8. The lowest BCUT2D eigenvalue weighted by Gasteiger charge is -2.27. The predicted molar refractivity (Wildman–Crippen MR) is 291 cm³/mol. The largest absolute Gasteiger partial charge is 0.508 e. The molecule has 1 aliphatic heterocycles. The second kappa shape index (κ2) is 30.4. The molecule has 1 heterocycles. The van der Waals surface area contributed by atoms with Crippen molar-refractivity contribution in [2.75, 3.05) is 13.1 Å². The van der Waals surface area contributed by atoms with Gasteiger partial charge in [0.05, 0.1) is 11.7 Å². The first kappa shape index (κ1) is 64.5. The highest BCUT2D eigenvalue weighted by molar-refractivity contribution is 6.09. The number of amides is 9. The third-order valence-electron chi connectivity index (χ3n) is 12.8. The van der Waals surface area contributed by atoms with Crippen LogP contribution in [0.25, 0.3) is 33.4 Å². The molecule has 27 nitrogen and oxygen atoms in total. The van der Waals surface area contributed by atoms with E-state index in [2.05, 4.69) is 42.5 Å². The molecular weight excluding hydrogens is 1060 g/mol. The van der Waals surface area contributed by atoms with E-state index in [-0.39, 0.29) is 90.8 Å². The van der Waals surface area contributed by atoms with Crippen molar-refractivity contribution >= 4 is 76.1 Å². The molecule has 8 atom stereocenters. The van der Waals surface area contributed by atoms with Crippen LogP contribution in [0, 0.1) is 0 Å². The maximum Gasteiger partial charge on any atom is 0.336 e. The molecule has 0 spiro atoms. The smallest absolute Gasteiger partial charge is 0.336 e. The van der Waals surface area contributed by atoms with Crippen molar-refractivity contribution in [3.63, 3.8) is 0 Å². The van der Waals surface area contributed by atoms with Crippen LogP contribution < -0.4 is 59.4 Å². The number of aliphatic hydroxyl groups is 1. The number of nitrogens with two attached hydrogens (primary N) is 2. The standard InChI is InChI=1S/C54H70N10O17/c1-26(47(72)59-28(3)49(74)64-45(29(4)65)53(78)63-40(11-6-8-21-55)52(77)62-38(46(56)71)13-10-14-43(69)70)58-48(73)27(2)60-51(76)39(61-30(5)66)12-7-9-22-57-50(75)31-15-18-34(54(79)80)37(23-31)44-35-19-16-32(67)24-41(35)81-42-25-33(68)17-20-36(42)44/h15-20,23-29,38-40,45,65,67H,6-14,21-22,55H2,1-5H3,(H2,56,71)(H,57,75)(H,58,73)(H,59,72)(H,60,76)(H,61,66)(H,62,77)(H,63,78)(H,64,74)(H,69,70)(H,79,80)/t26-,27-,28-,29+,38-,39-,40-,45-/m1/s1. The number of benzene rings is 3. The zero-order valence-corrected chi connectivity index (χ0v) is 45.3. The molecule has 2 aromatic carbocycles. The van der Waals surface area contributed by atoms with Gasteiger partial charge in [-0.15, -0.1) is 0 Å².